The van der Waals surface area contributed by atoms with Crippen LogP contribution >= 0.6 is 0 Å². The number of carbonyl (C=O) groups excluding carboxylic acids is 1. The number of nitrogens with zero attached hydrogens (tertiary/aromatic N) is 2. The molecule has 2 N–H and O–H groups in total. The number of carbonyl (C=O) groups is 1. The Kier molecular flexibility index (Phi) is 3.43. The lowest BCUT2D eigenvalue weighted by Gasteiger charge is -2.26. The van der Waals surface area contributed by atoms with Gasteiger partial charge < -0.3 is 19.9 Å². The molecule has 2 heterocycles. The lowest BCUT2D eigenvalue weighted by atomic mass is 10.2. The number of likely N-dealkylation sites (tertiary alicyclic amines) is 1. The molecule has 2 unspecified atom stereocenters. The topological polar surface area (TPSA) is 70.2 Å². The molecule has 0 radical (unpaired) electrons. The Bertz CT molecular complexity index is 522. The van der Waals surface area contributed by atoms with Gasteiger partial charge in [0.1, 0.15) is 5.60 Å². The van der Waals surface area contributed by atoms with Gasteiger partial charge in [-0.2, -0.15) is 0 Å². The van der Waals surface area contributed by atoms with Gasteiger partial charge in [0, 0.05) is 31.4 Å². The lowest BCUT2D eigenvalue weighted by Crippen LogP contribution is -2.39. The summed E-state index contributed by atoms with van der Waals surface area (Å²) in [7, 11) is 0. The second-order valence-electron chi connectivity index (χ2n) is 7.09. The number of rotatable bonds is 3. The van der Waals surface area contributed by atoms with Crippen LogP contribution in [0.1, 0.15) is 32.2 Å². The molecule has 21 heavy (non-hydrogen) atoms. The van der Waals surface area contributed by atoms with Crippen molar-refractivity contribution in [2.75, 3.05) is 13.1 Å². The van der Waals surface area contributed by atoms with Crippen LogP contribution in [-0.4, -0.2) is 45.7 Å². The van der Waals surface area contributed by atoms with E-state index in [1.165, 1.54) is 0 Å². The van der Waals surface area contributed by atoms with Crippen LogP contribution in [0, 0.1) is 18.8 Å². The Morgan fingerprint density at radius 3 is 2.67 bits per heavy atom. The number of aromatic nitrogens is 2. The van der Waals surface area contributed by atoms with E-state index >= 15 is 0 Å². The second kappa shape index (κ2) is 5.02. The summed E-state index contributed by atoms with van der Waals surface area (Å²) in [5, 5.41) is 3.55. The zero-order chi connectivity index (χ0) is 15.2. The third-order valence-electron chi connectivity index (χ3n) is 4.29. The van der Waals surface area contributed by atoms with Crippen LogP contribution < -0.4 is 5.32 Å². The maximum atomic E-state index is 12.0. The third-order valence-corrected chi connectivity index (χ3v) is 4.29. The van der Waals surface area contributed by atoms with Crippen molar-refractivity contribution in [2.45, 2.75) is 45.9 Å². The van der Waals surface area contributed by atoms with E-state index in [0.29, 0.717) is 17.9 Å². The maximum absolute atomic E-state index is 12.0. The number of hydrogen-bond acceptors (Lipinski definition) is 4. The summed E-state index contributed by atoms with van der Waals surface area (Å²) in [6.45, 7) is 10.1. The van der Waals surface area contributed by atoms with Crippen molar-refractivity contribution in [1.82, 2.24) is 20.2 Å². The van der Waals surface area contributed by atoms with Crippen LogP contribution in [0.15, 0.2) is 6.33 Å². The molecule has 2 atom stereocenters. The van der Waals surface area contributed by atoms with Crippen LogP contribution in [-0.2, 0) is 11.3 Å². The molecule has 1 aromatic heterocycles. The molecule has 2 fully saturated rings. The number of aromatic amines is 1. The molecular weight excluding hydrogens is 268 g/mol. The number of imidazole rings is 1. The van der Waals surface area contributed by atoms with Crippen molar-refractivity contribution in [1.29, 1.82) is 0 Å². The van der Waals surface area contributed by atoms with Crippen molar-refractivity contribution in [3.63, 3.8) is 0 Å². The second-order valence-corrected chi connectivity index (χ2v) is 7.09. The molecule has 0 spiro atoms. The van der Waals surface area contributed by atoms with Crippen LogP contribution in [0.4, 0.5) is 4.79 Å². The minimum Gasteiger partial charge on any atom is -0.444 e. The van der Waals surface area contributed by atoms with Crippen LogP contribution in [0.5, 0.6) is 0 Å². The predicted molar refractivity (Wildman–Crippen MR) is 78.7 cm³/mol. The highest BCUT2D eigenvalue weighted by Crippen LogP contribution is 2.45. The van der Waals surface area contributed by atoms with E-state index in [-0.39, 0.29) is 6.09 Å². The smallest absolute Gasteiger partial charge is 0.410 e. The standard InChI is InChI=1S/C15H24N4O2/c1-9-12(18-8-17-9)5-16-13-10-6-19(7-11(10)13)14(20)21-15(2,3)4/h8,10-11,13,16H,5-7H2,1-4H3,(H,17,18). The number of amides is 1. The number of fused-ring (bicyclic) bond motifs is 1. The number of aryl methyl sites for hydroxylation is 1. The van der Waals surface area contributed by atoms with Gasteiger partial charge >= 0.3 is 6.09 Å². The normalized spacial score (nSPS) is 27.6. The van der Waals surface area contributed by atoms with E-state index in [2.05, 4.69) is 15.3 Å². The van der Waals surface area contributed by atoms with Gasteiger partial charge in [-0.25, -0.2) is 9.78 Å². The quantitative estimate of drug-likeness (QED) is 0.889. The average Bonchev–Trinajstić information content (AvgIpc) is 2.77. The van der Waals surface area contributed by atoms with Crippen LogP contribution in [0.3, 0.4) is 0 Å². The zero-order valence-corrected chi connectivity index (χ0v) is 13.1. The predicted octanol–water partition coefficient (Wildman–Crippen LogP) is 1.67. The van der Waals surface area contributed by atoms with Crippen LogP contribution in [0.2, 0.25) is 0 Å². The first-order valence-electron chi connectivity index (χ1n) is 7.55. The van der Waals surface area contributed by atoms with Gasteiger partial charge in [-0.05, 0) is 39.5 Å². The highest BCUT2D eigenvalue weighted by molar-refractivity contribution is 5.69. The van der Waals surface area contributed by atoms with Crippen molar-refractivity contribution in [2.24, 2.45) is 11.8 Å². The minimum atomic E-state index is -0.418. The molecule has 1 aliphatic carbocycles. The van der Waals surface area contributed by atoms with E-state index in [1.54, 1.807) is 6.33 Å². The number of ether oxygens (including phenoxy) is 1. The van der Waals surface area contributed by atoms with E-state index in [9.17, 15) is 4.79 Å². The number of H-pyrrole nitrogens is 1. The van der Waals surface area contributed by atoms with Gasteiger partial charge in [-0.15, -0.1) is 0 Å². The highest BCUT2D eigenvalue weighted by Gasteiger charge is 2.56. The van der Waals surface area contributed by atoms with E-state index in [4.69, 9.17) is 4.74 Å². The molecule has 1 saturated heterocycles. The van der Waals surface area contributed by atoms with Gasteiger partial charge in [0.15, 0.2) is 0 Å². The number of piperidine rings is 1. The largest absolute Gasteiger partial charge is 0.444 e. The van der Waals surface area contributed by atoms with Crippen molar-refractivity contribution in [3.05, 3.63) is 17.7 Å². The summed E-state index contributed by atoms with van der Waals surface area (Å²) in [6.07, 6.45) is 1.54. The van der Waals surface area contributed by atoms with Crippen LogP contribution in [0.25, 0.3) is 0 Å². The summed E-state index contributed by atoms with van der Waals surface area (Å²) < 4.78 is 5.41. The molecule has 116 valence electrons. The molecule has 6 nitrogen and oxygen atoms in total. The van der Waals surface area contributed by atoms with E-state index in [0.717, 1.165) is 31.0 Å². The van der Waals surface area contributed by atoms with E-state index in [1.807, 2.05) is 32.6 Å². The van der Waals surface area contributed by atoms with E-state index < -0.39 is 5.60 Å². The fraction of sp³-hybridized carbons (Fsp3) is 0.733. The molecule has 0 bridgehead atoms. The first-order chi connectivity index (χ1) is 9.85. The monoisotopic (exact) mass is 292 g/mol. The molecule has 3 rings (SSSR count). The Balaban J connectivity index is 1.44. The average molecular weight is 292 g/mol. The van der Waals surface area contributed by atoms with Crippen molar-refractivity contribution in [3.8, 4) is 0 Å². The number of nitrogens with one attached hydrogen (secondary N) is 2. The summed E-state index contributed by atoms with van der Waals surface area (Å²) in [4.78, 5) is 21.2. The fourth-order valence-electron chi connectivity index (χ4n) is 3.08. The highest BCUT2D eigenvalue weighted by atomic mass is 16.6. The van der Waals surface area contributed by atoms with Crippen molar-refractivity contribution >= 4 is 6.09 Å². The maximum Gasteiger partial charge on any atom is 0.410 e. The molecule has 2 aliphatic rings. The molecular formula is C15H24N4O2. The molecule has 6 heteroatoms. The van der Waals surface area contributed by atoms with Gasteiger partial charge in [0.05, 0.1) is 12.0 Å². The summed E-state index contributed by atoms with van der Waals surface area (Å²) >= 11 is 0. The molecule has 1 aromatic rings. The Hall–Kier alpha value is -1.56. The fourth-order valence-corrected chi connectivity index (χ4v) is 3.08. The SMILES string of the molecule is Cc1[nH]cnc1CNC1C2CN(C(=O)OC(C)(C)C)CC21. The molecule has 0 aromatic carbocycles. The molecule has 1 aliphatic heterocycles. The van der Waals surface area contributed by atoms with Crippen molar-refractivity contribution < 1.29 is 9.53 Å². The van der Waals surface area contributed by atoms with Gasteiger partial charge in [0.2, 0.25) is 0 Å². The zero-order valence-electron chi connectivity index (χ0n) is 13.1. The first-order valence-corrected chi connectivity index (χ1v) is 7.55. The first kappa shape index (κ1) is 14.4. The van der Waals surface area contributed by atoms with Gasteiger partial charge in [-0.3, -0.25) is 0 Å². The minimum absolute atomic E-state index is 0.184. The Morgan fingerprint density at radius 1 is 1.48 bits per heavy atom. The lowest BCUT2D eigenvalue weighted by molar-refractivity contribution is 0.0269. The molecule has 1 saturated carbocycles. The summed E-state index contributed by atoms with van der Waals surface area (Å²) in [5.74, 6) is 1.13. The molecule has 1 amide bonds. The third kappa shape index (κ3) is 3.05. The Labute approximate surface area is 125 Å². The summed E-state index contributed by atoms with van der Waals surface area (Å²) in [5.41, 5.74) is 1.77. The van der Waals surface area contributed by atoms with Gasteiger partial charge in [0.25, 0.3) is 0 Å². The summed E-state index contributed by atoms with van der Waals surface area (Å²) in [6, 6.07) is 0.514. The number of hydrogen-bond donors (Lipinski definition) is 2. The Morgan fingerprint density at radius 2 is 2.14 bits per heavy atom. The van der Waals surface area contributed by atoms with Gasteiger partial charge in [-0.1, -0.05) is 0 Å².